The monoisotopic (exact) mass is 252 g/mol. The first-order valence-electron chi connectivity index (χ1n) is 6.05. The van der Waals surface area contributed by atoms with Crippen molar-refractivity contribution in [3.05, 3.63) is 29.3 Å². The summed E-state index contributed by atoms with van der Waals surface area (Å²) in [6, 6.07) is 6.60. The predicted octanol–water partition coefficient (Wildman–Crippen LogP) is 1.28. The van der Waals surface area contributed by atoms with Gasteiger partial charge < -0.3 is 10.2 Å². The quantitative estimate of drug-likeness (QED) is 0.879. The van der Waals surface area contributed by atoms with Crippen molar-refractivity contribution in [1.29, 1.82) is 0 Å². The van der Waals surface area contributed by atoms with Crippen LogP contribution in [0.3, 0.4) is 0 Å². The number of nitrogens with zero attached hydrogens (tertiary/aromatic N) is 1. The van der Waals surface area contributed by atoms with Gasteiger partial charge in [0.25, 0.3) is 0 Å². The van der Waals surface area contributed by atoms with Crippen LogP contribution in [0.1, 0.15) is 11.1 Å². The Balaban J connectivity index is 2.11. The SMILES string of the molecule is CNCc1ccc(N2CCS(=O)CC2)cc1C. The van der Waals surface area contributed by atoms with Gasteiger partial charge in [-0.2, -0.15) is 0 Å². The van der Waals surface area contributed by atoms with E-state index in [2.05, 4.69) is 35.3 Å². The summed E-state index contributed by atoms with van der Waals surface area (Å²) in [6.07, 6.45) is 0. The molecule has 0 aromatic heterocycles. The fourth-order valence-corrected chi connectivity index (χ4v) is 3.21. The van der Waals surface area contributed by atoms with Crippen molar-refractivity contribution >= 4 is 16.5 Å². The van der Waals surface area contributed by atoms with E-state index in [0.29, 0.717) is 0 Å². The zero-order valence-corrected chi connectivity index (χ0v) is 11.3. The fraction of sp³-hybridized carbons (Fsp3) is 0.538. The van der Waals surface area contributed by atoms with Gasteiger partial charge in [-0.1, -0.05) is 6.07 Å². The highest BCUT2D eigenvalue weighted by Crippen LogP contribution is 2.20. The van der Waals surface area contributed by atoms with E-state index in [9.17, 15) is 4.21 Å². The maximum atomic E-state index is 11.3. The van der Waals surface area contributed by atoms with Gasteiger partial charge in [-0.05, 0) is 37.2 Å². The molecular formula is C13H20N2OS. The van der Waals surface area contributed by atoms with Crippen LogP contribution in [0.15, 0.2) is 18.2 Å². The Morgan fingerprint density at radius 3 is 2.65 bits per heavy atom. The van der Waals surface area contributed by atoms with Gasteiger partial charge in [-0.3, -0.25) is 4.21 Å². The van der Waals surface area contributed by atoms with Crippen molar-refractivity contribution in [2.45, 2.75) is 13.5 Å². The number of benzene rings is 1. The van der Waals surface area contributed by atoms with Crippen molar-refractivity contribution < 1.29 is 4.21 Å². The average molecular weight is 252 g/mol. The van der Waals surface area contributed by atoms with Crippen molar-refractivity contribution in [1.82, 2.24) is 5.32 Å². The van der Waals surface area contributed by atoms with E-state index in [1.54, 1.807) is 0 Å². The Morgan fingerprint density at radius 2 is 2.06 bits per heavy atom. The zero-order chi connectivity index (χ0) is 12.3. The van der Waals surface area contributed by atoms with Gasteiger partial charge in [-0.25, -0.2) is 0 Å². The first-order valence-corrected chi connectivity index (χ1v) is 7.53. The molecule has 0 spiro atoms. The smallest absolute Gasteiger partial charge is 0.0411 e. The highest BCUT2D eigenvalue weighted by Gasteiger charge is 2.15. The van der Waals surface area contributed by atoms with Crippen LogP contribution in [0.2, 0.25) is 0 Å². The molecule has 1 aromatic rings. The molecule has 94 valence electrons. The van der Waals surface area contributed by atoms with E-state index in [1.807, 2.05) is 7.05 Å². The van der Waals surface area contributed by atoms with E-state index >= 15 is 0 Å². The van der Waals surface area contributed by atoms with Crippen LogP contribution in [-0.4, -0.2) is 35.9 Å². The molecule has 17 heavy (non-hydrogen) atoms. The summed E-state index contributed by atoms with van der Waals surface area (Å²) in [4.78, 5) is 2.33. The third kappa shape index (κ3) is 3.07. The van der Waals surface area contributed by atoms with Crippen LogP contribution in [0.4, 0.5) is 5.69 Å². The minimum Gasteiger partial charge on any atom is -0.370 e. The van der Waals surface area contributed by atoms with Crippen LogP contribution in [0.25, 0.3) is 0 Å². The minimum atomic E-state index is -0.599. The topological polar surface area (TPSA) is 32.3 Å². The van der Waals surface area contributed by atoms with Gasteiger partial charge in [0.15, 0.2) is 0 Å². The second-order valence-corrected chi connectivity index (χ2v) is 6.17. The van der Waals surface area contributed by atoms with E-state index < -0.39 is 10.8 Å². The molecule has 1 aromatic carbocycles. The highest BCUT2D eigenvalue weighted by molar-refractivity contribution is 7.85. The summed E-state index contributed by atoms with van der Waals surface area (Å²) in [6.45, 7) is 4.89. The molecule has 0 radical (unpaired) electrons. The largest absolute Gasteiger partial charge is 0.370 e. The van der Waals surface area contributed by atoms with E-state index in [4.69, 9.17) is 0 Å². The molecule has 1 saturated heterocycles. The number of anilines is 1. The summed E-state index contributed by atoms with van der Waals surface area (Å²) >= 11 is 0. The predicted molar refractivity (Wildman–Crippen MR) is 74.0 cm³/mol. The summed E-state index contributed by atoms with van der Waals surface area (Å²) in [7, 11) is 1.37. The van der Waals surface area contributed by atoms with E-state index in [1.165, 1.54) is 16.8 Å². The molecule has 1 N–H and O–H groups in total. The van der Waals surface area contributed by atoms with Gasteiger partial charge in [-0.15, -0.1) is 0 Å². The molecule has 0 bridgehead atoms. The Kier molecular flexibility index (Phi) is 4.18. The van der Waals surface area contributed by atoms with Crippen LogP contribution in [0.5, 0.6) is 0 Å². The second kappa shape index (κ2) is 5.65. The molecule has 0 atom stereocenters. The molecular weight excluding hydrogens is 232 g/mol. The third-order valence-electron chi connectivity index (χ3n) is 3.24. The van der Waals surface area contributed by atoms with Gasteiger partial charge in [0, 0.05) is 47.6 Å². The Hall–Kier alpha value is -0.870. The molecule has 1 heterocycles. The molecule has 2 rings (SSSR count). The van der Waals surface area contributed by atoms with Crippen molar-refractivity contribution in [2.24, 2.45) is 0 Å². The van der Waals surface area contributed by atoms with Gasteiger partial charge >= 0.3 is 0 Å². The van der Waals surface area contributed by atoms with Gasteiger partial charge in [0.2, 0.25) is 0 Å². The minimum absolute atomic E-state index is 0.599. The molecule has 1 aliphatic rings. The summed E-state index contributed by atoms with van der Waals surface area (Å²) in [5, 5.41) is 3.18. The summed E-state index contributed by atoms with van der Waals surface area (Å²) in [5.74, 6) is 1.61. The Bertz CT molecular complexity index is 410. The second-order valence-electron chi connectivity index (χ2n) is 4.48. The average Bonchev–Trinajstić information content (AvgIpc) is 2.33. The molecule has 0 aliphatic carbocycles. The summed E-state index contributed by atoms with van der Waals surface area (Å²) < 4.78 is 11.3. The Labute approximate surface area is 106 Å². The number of hydrogen-bond acceptors (Lipinski definition) is 3. The number of rotatable bonds is 3. The van der Waals surface area contributed by atoms with E-state index in [-0.39, 0.29) is 0 Å². The number of nitrogens with one attached hydrogen (secondary N) is 1. The van der Waals surface area contributed by atoms with Gasteiger partial charge in [0.1, 0.15) is 0 Å². The lowest BCUT2D eigenvalue weighted by Crippen LogP contribution is -2.37. The van der Waals surface area contributed by atoms with Crippen LogP contribution in [0, 0.1) is 6.92 Å². The fourth-order valence-electron chi connectivity index (χ4n) is 2.16. The van der Waals surface area contributed by atoms with Crippen molar-refractivity contribution in [3.8, 4) is 0 Å². The first-order chi connectivity index (χ1) is 8.20. The van der Waals surface area contributed by atoms with Crippen LogP contribution in [-0.2, 0) is 17.3 Å². The molecule has 3 nitrogen and oxygen atoms in total. The maximum Gasteiger partial charge on any atom is 0.0411 e. The number of aryl methyl sites for hydroxylation is 1. The zero-order valence-electron chi connectivity index (χ0n) is 10.5. The van der Waals surface area contributed by atoms with Crippen molar-refractivity contribution in [2.75, 3.05) is 36.5 Å². The van der Waals surface area contributed by atoms with Crippen LogP contribution >= 0.6 is 0 Å². The lowest BCUT2D eigenvalue weighted by Gasteiger charge is -2.29. The van der Waals surface area contributed by atoms with Crippen LogP contribution < -0.4 is 10.2 Å². The summed E-state index contributed by atoms with van der Waals surface area (Å²) in [5.41, 5.74) is 3.93. The lowest BCUT2D eigenvalue weighted by atomic mass is 10.1. The first kappa shape index (κ1) is 12.6. The lowest BCUT2D eigenvalue weighted by molar-refractivity contribution is 0.673. The maximum absolute atomic E-state index is 11.3. The molecule has 0 amide bonds. The van der Waals surface area contributed by atoms with E-state index in [0.717, 1.165) is 31.1 Å². The molecule has 0 saturated carbocycles. The molecule has 1 aliphatic heterocycles. The Morgan fingerprint density at radius 1 is 1.35 bits per heavy atom. The third-order valence-corrected chi connectivity index (χ3v) is 4.51. The standard InChI is InChI=1S/C13H20N2OS/c1-11-9-13(4-3-12(11)10-14-2)15-5-7-17(16)8-6-15/h3-4,9,14H,5-8,10H2,1-2H3. The van der Waals surface area contributed by atoms with Crippen molar-refractivity contribution in [3.63, 3.8) is 0 Å². The highest BCUT2D eigenvalue weighted by atomic mass is 32.2. The molecule has 4 heteroatoms. The number of hydrogen-bond donors (Lipinski definition) is 1. The molecule has 1 fully saturated rings. The molecule has 0 unspecified atom stereocenters. The van der Waals surface area contributed by atoms with Gasteiger partial charge in [0.05, 0.1) is 0 Å². The normalized spacial score (nSPS) is 17.4.